The van der Waals surface area contributed by atoms with E-state index in [-0.39, 0.29) is 5.82 Å². The molecule has 0 radical (unpaired) electrons. The van der Waals surface area contributed by atoms with Gasteiger partial charge >= 0.3 is 0 Å². The molecule has 0 aliphatic heterocycles. The van der Waals surface area contributed by atoms with E-state index in [0.717, 1.165) is 11.3 Å². The molecule has 1 aromatic heterocycles. The number of hydrogen-bond donors (Lipinski definition) is 1. The third-order valence-corrected chi connectivity index (χ3v) is 1.95. The number of nitrogens with two attached hydrogens (primary N) is 1. The number of halogens is 1. The third kappa shape index (κ3) is 1.57. The predicted octanol–water partition coefficient (Wildman–Crippen LogP) is 2.47. The molecule has 2 rings (SSSR count). The molecular formula is C11H9FN2. The summed E-state index contributed by atoms with van der Waals surface area (Å²) < 4.78 is 12.8. The Bertz CT molecular complexity index is 440. The van der Waals surface area contributed by atoms with Crippen LogP contribution in [0.25, 0.3) is 11.3 Å². The number of hydrogen-bond acceptors (Lipinski definition) is 2. The topological polar surface area (TPSA) is 38.9 Å². The molecule has 0 aliphatic carbocycles. The first kappa shape index (κ1) is 8.69. The van der Waals surface area contributed by atoms with Gasteiger partial charge in [-0.1, -0.05) is 6.07 Å². The van der Waals surface area contributed by atoms with E-state index >= 15 is 0 Å². The fraction of sp³-hybridized carbons (Fsp3) is 0. The third-order valence-electron chi connectivity index (χ3n) is 1.95. The number of anilines is 1. The van der Waals surface area contributed by atoms with Gasteiger partial charge in [-0.15, -0.1) is 0 Å². The average molecular weight is 188 g/mol. The van der Waals surface area contributed by atoms with Gasteiger partial charge in [0.05, 0.1) is 5.69 Å². The first-order valence-electron chi connectivity index (χ1n) is 4.24. The van der Waals surface area contributed by atoms with Crippen molar-refractivity contribution in [2.45, 2.75) is 0 Å². The van der Waals surface area contributed by atoms with Gasteiger partial charge in [0.2, 0.25) is 0 Å². The Balaban J connectivity index is 2.53. The van der Waals surface area contributed by atoms with Crippen molar-refractivity contribution >= 4 is 5.69 Å². The number of pyridine rings is 1. The van der Waals surface area contributed by atoms with Gasteiger partial charge in [0.15, 0.2) is 0 Å². The lowest BCUT2D eigenvalue weighted by atomic mass is 10.1. The first-order valence-corrected chi connectivity index (χ1v) is 4.24. The van der Waals surface area contributed by atoms with Gasteiger partial charge in [-0.25, -0.2) is 4.39 Å². The van der Waals surface area contributed by atoms with E-state index in [1.807, 2.05) is 18.2 Å². The van der Waals surface area contributed by atoms with Crippen LogP contribution in [0.4, 0.5) is 10.1 Å². The van der Waals surface area contributed by atoms with E-state index in [2.05, 4.69) is 4.98 Å². The van der Waals surface area contributed by atoms with Gasteiger partial charge in [-0.05, 0) is 30.3 Å². The highest BCUT2D eigenvalue weighted by atomic mass is 19.1. The highest BCUT2D eigenvalue weighted by Crippen LogP contribution is 2.23. The number of nitrogens with zero attached hydrogens (tertiary/aromatic N) is 1. The zero-order valence-corrected chi connectivity index (χ0v) is 7.44. The molecule has 2 aromatic rings. The van der Waals surface area contributed by atoms with Crippen LogP contribution in [0.1, 0.15) is 0 Å². The second kappa shape index (κ2) is 3.46. The number of aromatic nitrogens is 1. The molecule has 70 valence electrons. The van der Waals surface area contributed by atoms with Crippen molar-refractivity contribution in [2.24, 2.45) is 0 Å². The van der Waals surface area contributed by atoms with Crippen molar-refractivity contribution < 1.29 is 4.39 Å². The van der Waals surface area contributed by atoms with E-state index in [1.54, 1.807) is 12.3 Å². The lowest BCUT2D eigenvalue weighted by Crippen LogP contribution is -1.92. The Hall–Kier alpha value is -1.90. The summed E-state index contributed by atoms with van der Waals surface area (Å²) in [4.78, 5) is 4.14. The predicted molar refractivity (Wildman–Crippen MR) is 54.0 cm³/mol. The summed E-state index contributed by atoms with van der Waals surface area (Å²) >= 11 is 0. The Morgan fingerprint density at radius 1 is 1.14 bits per heavy atom. The summed E-state index contributed by atoms with van der Waals surface area (Å²) in [5.41, 5.74) is 7.59. The van der Waals surface area contributed by atoms with Crippen LogP contribution >= 0.6 is 0 Å². The summed E-state index contributed by atoms with van der Waals surface area (Å²) in [7, 11) is 0. The minimum atomic E-state index is -0.331. The Morgan fingerprint density at radius 3 is 2.64 bits per heavy atom. The normalized spacial score (nSPS) is 10.1. The van der Waals surface area contributed by atoms with Crippen LogP contribution in [-0.4, -0.2) is 4.98 Å². The Morgan fingerprint density at radius 2 is 2.00 bits per heavy atom. The van der Waals surface area contributed by atoms with E-state index in [4.69, 9.17) is 5.73 Å². The maximum absolute atomic E-state index is 12.8. The second-order valence-electron chi connectivity index (χ2n) is 2.95. The standard InChI is InChI=1S/C11H9FN2/c12-8-4-5-9(10(13)7-8)11-3-1-2-6-14-11/h1-7H,13H2. The van der Waals surface area contributed by atoms with Gasteiger partial charge in [-0.2, -0.15) is 0 Å². The summed E-state index contributed by atoms with van der Waals surface area (Å²) in [5, 5.41) is 0. The molecule has 3 heteroatoms. The van der Waals surface area contributed by atoms with Gasteiger partial charge in [-0.3, -0.25) is 4.98 Å². The van der Waals surface area contributed by atoms with Crippen molar-refractivity contribution in [1.82, 2.24) is 4.98 Å². The molecule has 0 atom stereocenters. The molecule has 0 aliphatic rings. The van der Waals surface area contributed by atoms with E-state index < -0.39 is 0 Å². The monoisotopic (exact) mass is 188 g/mol. The highest BCUT2D eigenvalue weighted by Gasteiger charge is 2.03. The number of nitrogen functional groups attached to an aromatic ring is 1. The van der Waals surface area contributed by atoms with E-state index in [0.29, 0.717) is 5.69 Å². The molecule has 0 fully saturated rings. The quantitative estimate of drug-likeness (QED) is 0.698. The maximum atomic E-state index is 12.8. The van der Waals surface area contributed by atoms with Crippen LogP contribution in [0.15, 0.2) is 42.6 Å². The zero-order chi connectivity index (χ0) is 9.97. The molecule has 0 saturated heterocycles. The van der Waals surface area contributed by atoms with Crippen molar-refractivity contribution in [2.75, 3.05) is 5.73 Å². The Labute approximate surface area is 81.2 Å². The fourth-order valence-electron chi connectivity index (χ4n) is 1.29. The number of benzene rings is 1. The summed E-state index contributed by atoms with van der Waals surface area (Å²) in [6, 6.07) is 9.83. The van der Waals surface area contributed by atoms with Crippen LogP contribution < -0.4 is 5.73 Å². The minimum Gasteiger partial charge on any atom is -0.398 e. The van der Waals surface area contributed by atoms with Crippen molar-refractivity contribution in [3.05, 3.63) is 48.4 Å². The number of rotatable bonds is 1. The van der Waals surface area contributed by atoms with E-state index in [9.17, 15) is 4.39 Å². The maximum Gasteiger partial charge on any atom is 0.125 e. The summed E-state index contributed by atoms with van der Waals surface area (Å²) in [5.74, 6) is -0.331. The zero-order valence-electron chi connectivity index (χ0n) is 7.44. The fourth-order valence-corrected chi connectivity index (χ4v) is 1.29. The van der Waals surface area contributed by atoms with Gasteiger partial charge in [0.25, 0.3) is 0 Å². The van der Waals surface area contributed by atoms with E-state index in [1.165, 1.54) is 12.1 Å². The summed E-state index contributed by atoms with van der Waals surface area (Å²) in [6.07, 6.45) is 1.68. The van der Waals surface area contributed by atoms with Gasteiger partial charge in [0, 0.05) is 17.4 Å². The molecule has 0 saturated carbocycles. The van der Waals surface area contributed by atoms with Crippen molar-refractivity contribution in [3.8, 4) is 11.3 Å². The van der Waals surface area contributed by atoms with Gasteiger partial charge in [0.1, 0.15) is 5.82 Å². The van der Waals surface area contributed by atoms with Gasteiger partial charge < -0.3 is 5.73 Å². The molecule has 2 N–H and O–H groups in total. The first-order chi connectivity index (χ1) is 6.77. The lowest BCUT2D eigenvalue weighted by molar-refractivity contribution is 0.628. The molecule has 2 nitrogen and oxygen atoms in total. The van der Waals surface area contributed by atoms with Crippen LogP contribution in [0, 0.1) is 5.82 Å². The molecule has 0 bridgehead atoms. The highest BCUT2D eigenvalue weighted by molar-refractivity contribution is 5.73. The molecule has 0 unspecified atom stereocenters. The Kier molecular flexibility index (Phi) is 2.14. The summed E-state index contributed by atoms with van der Waals surface area (Å²) in [6.45, 7) is 0. The molecule has 14 heavy (non-hydrogen) atoms. The van der Waals surface area contributed by atoms with Crippen LogP contribution in [-0.2, 0) is 0 Å². The van der Waals surface area contributed by atoms with Crippen LogP contribution in [0.5, 0.6) is 0 Å². The SMILES string of the molecule is Nc1cc(F)ccc1-c1ccccn1. The van der Waals surface area contributed by atoms with Crippen molar-refractivity contribution in [1.29, 1.82) is 0 Å². The van der Waals surface area contributed by atoms with Crippen molar-refractivity contribution in [3.63, 3.8) is 0 Å². The molecule has 1 heterocycles. The molecular weight excluding hydrogens is 179 g/mol. The van der Waals surface area contributed by atoms with Crippen LogP contribution in [0.3, 0.4) is 0 Å². The smallest absolute Gasteiger partial charge is 0.125 e. The second-order valence-corrected chi connectivity index (χ2v) is 2.95. The minimum absolute atomic E-state index is 0.331. The molecule has 1 aromatic carbocycles. The largest absolute Gasteiger partial charge is 0.398 e. The average Bonchev–Trinajstić information content (AvgIpc) is 2.19. The lowest BCUT2D eigenvalue weighted by Gasteiger charge is -2.03. The van der Waals surface area contributed by atoms with Crippen LogP contribution in [0.2, 0.25) is 0 Å². The molecule has 0 amide bonds. The molecule has 0 spiro atoms.